The van der Waals surface area contributed by atoms with Crippen LogP contribution in [0.5, 0.6) is 0 Å². The van der Waals surface area contributed by atoms with Crippen molar-refractivity contribution in [1.29, 1.82) is 0 Å². The van der Waals surface area contributed by atoms with Gasteiger partial charge in [0.25, 0.3) is 0 Å². The van der Waals surface area contributed by atoms with Crippen molar-refractivity contribution >= 4 is 24.0 Å². The summed E-state index contributed by atoms with van der Waals surface area (Å²) >= 11 is 0. The minimum Gasteiger partial charge on any atom is -0.328 e. The molecule has 4 heteroatoms. The number of hydrogen-bond acceptors (Lipinski definition) is 2. The fourth-order valence-electron chi connectivity index (χ4n) is 2.55. The van der Waals surface area contributed by atoms with Gasteiger partial charge in [-0.2, -0.15) is 0 Å². The van der Waals surface area contributed by atoms with Gasteiger partial charge < -0.3 is 11.1 Å². The molecule has 1 amide bonds. The molecule has 0 bridgehead atoms. The lowest BCUT2D eigenvalue weighted by atomic mass is 10.1. The van der Waals surface area contributed by atoms with Crippen LogP contribution in [0.3, 0.4) is 0 Å². The van der Waals surface area contributed by atoms with Crippen molar-refractivity contribution in [1.82, 2.24) is 0 Å². The summed E-state index contributed by atoms with van der Waals surface area (Å²) in [5, 5.41) is 2.99. The predicted octanol–water partition coefficient (Wildman–Crippen LogP) is 2.79. The summed E-state index contributed by atoms with van der Waals surface area (Å²) in [5.74, 6) is 0.203. The molecule has 0 aliphatic heterocycles. The molecule has 1 aliphatic rings. The number of carbonyl (C=O) groups excluding carboxylic acids is 1. The molecule has 18 heavy (non-hydrogen) atoms. The molecule has 100 valence electrons. The van der Waals surface area contributed by atoms with Gasteiger partial charge in [0.1, 0.15) is 0 Å². The third-order valence-electron chi connectivity index (χ3n) is 3.33. The van der Waals surface area contributed by atoms with Crippen molar-refractivity contribution in [3.8, 4) is 0 Å². The van der Waals surface area contributed by atoms with E-state index in [2.05, 4.69) is 11.4 Å². The lowest BCUT2D eigenvalue weighted by Gasteiger charge is -2.12. The smallest absolute Gasteiger partial charge is 0.227 e. The average Bonchev–Trinajstić information content (AvgIpc) is 2.63. The van der Waals surface area contributed by atoms with Crippen molar-refractivity contribution < 1.29 is 4.79 Å². The molecule has 3 N–H and O–H groups in total. The zero-order valence-corrected chi connectivity index (χ0v) is 11.7. The Morgan fingerprint density at radius 2 is 1.83 bits per heavy atom. The zero-order chi connectivity index (χ0) is 12.4. The van der Waals surface area contributed by atoms with E-state index in [-0.39, 0.29) is 30.3 Å². The Kier molecular flexibility index (Phi) is 5.17. The molecule has 0 saturated heterocycles. The van der Waals surface area contributed by atoms with Crippen LogP contribution >= 0.6 is 12.4 Å². The second-order valence-electron chi connectivity index (χ2n) is 5.14. The number of hydrogen-bond donors (Lipinski definition) is 2. The van der Waals surface area contributed by atoms with Crippen molar-refractivity contribution in [2.24, 2.45) is 11.7 Å². The number of carbonyl (C=O) groups is 1. The Hall–Kier alpha value is -1.06. The fourth-order valence-corrected chi connectivity index (χ4v) is 2.55. The largest absolute Gasteiger partial charge is 0.328 e. The van der Waals surface area contributed by atoms with E-state index in [1.54, 1.807) is 0 Å². The molecule has 1 aromatic rings. The second-order valence-corrected chi connectivity index (χ2v) is 5.14. The monoisotopic (exact) mass is 268 g/mol. The summed E-state index contributed by atoms with van der Waals surface area (Å²) in [5.41, 5.74) is 9.06. The van der Waals surface area contributed by atoms with E-state index in [4.69, 9.17) is 5.73 Å². The molecular weight excluding hydrogens is 248 g/mol. The topological polar surface area (TPSA) is 55.1 Å². The van der Waals surface area contributed by atoms with E-state index in [1.165, 1.54) is 11.1 Å². The number of nitrogens with two attached hydrogens (primary N) is 1. The van der Waals surface area contributed by atoms with Gasteiger partial charge in [-0.05, 0) is 56.4 Å². The summed E-state index contributed by atoms with van der Waals surface area (Å²) < 4.78 is 0. The van der Waals surface area contributed by atoms with E-state index in [9.17, 15) is 4.79 Å². The van der Waals surface area contributed by atoms with Gasteiger partial charge >= 0.3 is 0 Å². The Labute approximate surface area is 115 Å². The second kappa shape index (κ2) is 6.21. The number of anilines is 1. The molecule has 3 nitrogen and oxygen atoms in total. The van der Waals surface area contributed by atoms with Gasteiger partial charge in [-0.3, -0.25) is 4.79 Å². The quantitative estimate of drug-likeness (QED) is 0.867. The molecule has 2 unspecified atom stereocenters. The SMILES string of the molecule is Cc1cc(C)cc(NC(=O)C2CCC(N)C2)c1.Cl. The summed E-state index contributed by atoms with van der Waals surface area (Å²) in [4.78, 5) is 12.0. The Morgan fingerprint density at radius 1 is 1.22 bits per heavy atom. The molecule has 1 saturated carbocycles. The molecule has 0 radical (unpaired) electrons. The third kappa shape index (κ3) is 3.72. The Morgan fingerprint density at radius 3 is 2.33 bits per heavy atom. The highest BCUT2D eigenvalue weighted by Gasteiger charge is 2.27. The lowest BCUT2D eigenvalue weighted by molar-refractivity contribution is -0.119. The number of benzene rings is 1. The molecule has 0 heterocycles. The van der Waals surface area contributed by atoms with Crippen LogP contribution in [0.2, 0.25) is 0 Å². The molecule has 1 aromatic carbocycles. The highest BCUT2D eigenvalue weighted by molar-refractivity contribution is 5.92. The number of halogens is 1. The van der Waals surface area contributed by atoms with Crippen molar-refractivity contribution in [2.45, 2.75) is 39.2 Å². The maximum Gasteiger partial charge on any atom is 0.227 e. The Balaban J connectivity index is 0.00000162. The van der Waals surface area contributed by atoms with E-state index in [0.717, 1.165) is 24.9 Å². The maximum absolute atomic E-state index is 12.0. The van der Waals surface area contributed by atoms with Gasteiger partial charge in [-0.25, -0.2) is 0 Å². The summed E-state index contributed by atoms with van der Waals surface area (Å²) in [6, 6.07) is 6.30. The van der Waals surface area contributed by atoms with Crippen LogP contribution in [0.15, 0.2) is 18.2 Å². The first-order valence-electron chi connectivity index (χ1n) is 6.19. The van der Waals surface area contributed by atoms with Gasteiger partial charge in [0, 0.05) is 17.6 Å². The van der Waals surface area contributed by atoms with E-state index >= 15 is 0 Å². The van der Waals surface area contributed by atoms with Crippen LogP contribution in [-0.2, 0) is 4.79 Å². The van der Waals surface area contributed by atoms with Gasteiger partial charge in [-0.15, -0.1) is 12.4 Å². The van der Waals surface area contributed by atoms with Gasteiger partial charge in [0.05, 0.1) is 0 Å². The Bertz CT molecular complexity index is 414. The minimum absolute atomic E-state index is 0. The van der Waals surface area contributed by atoms with Crippen LogP contribution in [0.1, 0.15) is 30.4 Å². The number of amides is 1. The summed E-state index contributed by atoms with van der Waals surface area (Å²) in [6.07, 6.45) is 2.69. The number of nitrogens with one attached hydrogen (secondary N) is 1. The lowest BCUT2D eigenvalue weighted by Crippen LogP contribution is -2.23. The molecular formula is C14H21ClN2O. The first-order valence-corrected chi connectivity index (χ1v) is 6.19. The van der Waals surface area contributed by atoms with Crippen LogP contribution in [0.4, 0.5) is 5.69 Å². The van der Waals surface area contributed by atoms with Crippen LogP contribution < -0.4 is 11.1 Å². The van der Waals surface area contributed by atoms with Crippen LogP contribution in [0.25, 0.3) is 0 Å². The van der Waals surface area contributed by atoms with Gasteiger partial charge in [-0.1, -0.05) is 6.07 Å². The van der Waals surface area contributed by atoms with Gasteiger partial charge in [0.2, 0.25) is 5.91 Å². The van der Waals surface area contributed by atoms with E-state index in [0.29, 0.717) is 0 Å². The average molecular weight is 269 g/mol. The summed E-state index contributed by atoms with van der Waals surface area (Å²) in [7, 11) is 0. The molecule has 0 aromatic heterocycles. The molecule has 1 aliphatic carbocycles. The maximum atomic E-state index is 12.0. The van der Waals surface area contributed by atoms with E-state index < -0.39 is 0 Å². The number of rotatable bonds is 2. The first-order chi connectivity index (χ1) is 8.04. The standard InChI is InChI=1S/C14H20N2O.ClH/c1-9-5-10(2)7-13(6-9)16-14(17)11-3-4-12(15)8-11;/h5-7,11-12H,3-4,8,15H2,1-2H3,(H,16,17);1H. The normalized spacial score (nSPS) is 22.4. The minimum atomic E-state index is 0. The van der Waals surface area contributed by atoms with Crippen molar-refractivity contribution in [3.63, 3.8) is 0 Å². The van der Waals surface area contributed by atoms with Crippen molar-refractivity contribution in [3.05, 3.63) is 29.3 Å². The first kappa shape index (κ1) is 15.0. The molecule has 0 spiro atoms. The molecule has 1 fully saturated rings. The molecule has 2 rings (SSSR count). The van der Waals surface area contributed by atoms with Crippen LogP contribution in [0, 0.1) is 19.8 Å². The molecule has 2 atom stereocenters. The third-order valence-corrected chi connectivity index (χ3v) is 3.33. The highest BCUT2D eigenvalue weighted by atomic mass is 35.5. The highest BCUT2D eigenvalue weighted by Crippen LogP contribution is 2.25. The van der Waals surface area contributed by atoms with Gasteiger partial charge in [0.15, 0.2) is 0 Å². The van der Waals surface area contributed by atoms with Crippen molar-refractivity contribution in [2.75, 3.05) is 5.32 Å². The number of aryl methyl sites for hydroxylation is 2. The van der Waals surface area contributed by atoms with E-state index in [1.807, 2.05) is 26.0 Å². The van der Waals surface area contributed by atoms with Crippen LogP contribution in [-0.4, -0.2) is 11.9 Å². The predicted molar refractivity (Wildman–Crippen MR) is 77.1 cm³/mol. The summed E-state index contributed by atoms with van der Waals surface area (Å²) in [6.45, 7) is 4.07. The zero-order valence-electron chi connectivity index (χ0n) is 10.9. The fraction of sp³-hybridized carbons (Fsp3) is 0.500.